The fourth-order valence-corrected chi connectivity index (χ4v) is 9.14. The molecule has 8 nitrogen and oxygen atoms in total. The molecular formula is C59H113N2O6P. The molecule has 0 saturated carbocycles. The highest BCUT2D eigenvalue weighted by atomic mass is 31.2. The van der Waals surface area contributed by atoms with Crippen LogP contribution in [-0.4, -0.2) is 68.5 Å². The van der Waals surface area contributed by atoms with E-state index in [0.29, 0.717) is 17.4 Å². The number of carbonyl (C=O) groups excluding carboxylic acids is 1. The average Bonchev–Trinajstić information content (AvgIpc) is 3.30. The molecule has 0 aromatic carbocycles. The third-order valence-electron chi connectivity index (χ3n) is 13.0. The van der Waals surface area contributed by atoms with Gasteiger partial charge in [0, 0.05) is 6.42 Å². The Labute approximate surface area is 422 Å². The Bertz CT molecular complexity index is 1250. The Hall–Kier alpha value is -1.54. The van der Waals surface area contributed by atoms with Gasteiger partial charge in [-0.2, -0.15) is 0 Å². The first-order chi connectivity index (χ1) is 33.0. The van der Waals surface area contributed by atoms with E-state index in [4.69, 9.17) is 9.05 Å². The summed E-state index contributed by atoms with van der Waals surface area (Å²) in [5, 5.41) is 13.9. The number of rotatable bonds is 53. The maximum Gasteiger partial charge on any atom is 0.268 e. The van der Waals surface area contributed by atoms with Crippen LogP contribution in [0.2, 0.25) is 0 Å². The summed E-state index contributed by atoms with van der Waals surface area (Å²) in [4.78, 5) is 25.5. The number of quaternary nitrogens is 1. The van der Waals surface area contributed by atoms with Gasteiger partial charge in [0.2, 0.25) is 5.91 Å². The van der Waals surface area contributed by atoms with Crippen molar-refractivity contribution >= 4 is 13.7 Å². The zero-order valence-corrected chi connectivity index (χ0v) is 46.5. The van der Waals surface area contributed by atoms with Gasteiger partial charge in [-0.05, 0) is 70.6 Å². The lowest BCUT2D eigenvalue weighted by Crippen LogP contribution is -2.45. The van der Waals surface area contributed by atoms with E-state index in [2.05, 4.69) is 55.6 Å². The van der Waals surface area contributed by atoms with Crippen molar-refractivity contribution in [3.63, 3.8) is 0 Å². The summed E-state index contributed by atoms with van der Waals surface area (Å²) >= 11 is 0. The van der Waals surface area contributed by atoms with Crippen molar-refractivity contribution in [3.8, 4) is 0 Å². The third kappa shape index (κ3) is 52.3. The monoisotopic (exact) mass is 977 g/mol. The van der Waals surface area contributed by atoms with E-state index in [1.807, 2.05) is 27.2 Å². The number of phosphoric acid groups is 1. The van der Waals surface area contributed by atoms with Gasteiger partial charge in [-0.25, -0.2) is 0 Å². The molecule has 0 aromatic heterocycles. The molecule has 68 heavy (non-hydrogen) atoms. The van der Waals surface area contributed by atoms with Crippen LogP contribution in [0.1, 0.15) is 271 Å². The zero-order chi connectivity index (χ0) is 49.9. The summed E-state index contributed by atoms with van der Waals surface area (Å²) in [5.74, 6) is -0.209. The smallest absolute Gasteiger partial charge is 0.268 e. The molecule has 3 unspecified atom stereocenters. The lowest BCUT2D eigenvalue weighted by atomic mass is 10.0. The van der Waals surface area contributed by atoms with Crippen molar-refractivity contribution in [3.05, 3.63) is 48.6 Å². The van der Waals surface area contributed by atoms with Crippen LogP contribution in [0.4, 0.5) is 0 Å². The van der Waals surface area contributed by atoms with Gasteiger partial charge in [-0.15, -0.1) is 0 Å². The lowest BCUT2D eigenvalue weighted by Gasteiger charge is -2.29. The molecule has 9 heteroatoms. The Balaban J connectivity index is 4.22. The van der Waals surface area contributed by atoms with Gasteiger partial charge in [0.15, 0.2) is 0 Å². The molecule has 400 valence electrons. The van der Waals surface area contributed by atoms with Crippen LogP contribution in [0, 0.1) is 0 Å². The first-order valence-corrected chi connectivity index (χ1v) is 30.5. The van der Waals surface area contributed by atoms with Crippen molar-refractivity contribution in [1.82, 2.24) is 5.32 Å². The maximum atomic E-state index is 13.0. The normalized spacial score (nSPS) is 14.3. The highest BCUT2D eigenvalue weighted by Gasteiger charge is 2.23. The van der Waals surface area contributed by atoms with Gasteiger partial charge in [-0.3, -0.25) is 9.36 Å². The number of amides is 1. The maximum absolute atomic E-state index is 13.0. The average molecular weight is 978 g/mol. The van der Waals surface area contributed by atoms with Crippen LogP contribution in [-0.2, 0) is 18.4 Å². The minimum atomic E-state index is -4.61. The van der Waals surface area contributed by atoms with Crippen molar-refractivity contribution in [2.24, 2.45) is 0 Å². The number of nitrogens with one attached hydrogen (secondary N) is 1. The van der Waals surface area contributed by atoms with Gasteiger partial charge in [0.25, 0.3) is 7.82 Å². The van der Waals surface area contributed by atoms with E-state index in [-0.39, 0.29) is 12.5 Å². The zero-order valence-electron chi connectivity index (χ0n) is 45.6. The standard InChI is InChI=1S/C59H113N2O6P/c1-6-8-10-12-14-16-18-20-22-24-26-27-28-29-30-31-32-33-35-37-39-41-43-45-47-49-51-53-59(63)60-57(56-67-68(64,65)66-55-54-61(3,4)5)58(62)52-50-48-46-44-42-40-38-36-34-25-23-21-19-17-15-13-11-9-7-2/h24,26,34,36,42,44,50,52,57-58,62H,6-23,25,27-33,35,37-41,43,45-49,51,53-56H2,1-5H3,(H-,60,63,64,65)/b26-24-,36-34+,44-42+,52-50+. The summed E-state index contributed by atoms with van der Waals surface area (Å²) in [6, 6.07) is -0.910. The minimum absolute atomic E-state index is 0.00881. The Kier molecular flexibility index (Phi) is 49.3. The Morgan fingerprint density at radius 1 is 0.500 bits per heavy atom. The molecule has 0 saturated heterocycles. The van der Waals surface area contributed by atoms with E-state index in [1.54, 1.807) is 6.08 Å². The quantitative estimate of drug-likeness (QED) is 0.0272. The number of likely N-dealkylation sites (N-methyl/N-ethyl adjacent to an activating group) is 1. The van der Waals surface area contributed by atoms with Gasteiger partial charge >= 0.3 is 0 Å². The summed E-state index contributed by atoms with van der Waals surface area (Å²) in [6.45, 7) is 4.64. The summed E-state index contributed by atoms with van der Waals surface area (Å²) < 4.78 is 23.3. The lowest BCUT2D eigenvalue weighted by molar-refractivity contribution is -0.870. The molecule has 0 aromatic rings. The number of carbonyl (C=O) groups is 1. The van der Waals surface area contributed by atoms with E-state index >= 15 is 0 Å². The minimum Gasteiger partial charge on any atom is -0.756 e. The highest BCUT2D eigenvalue weighted by molar-refractivity contribution is 7.45. The van der Waals surface area contributed by atoms with Crippen molar-refractivity contribution in [2.45, 2.75) is 283 Å². The molecule has 0 fully saturated rings. The fourth-order valence-electron chi connectivity index (χ4n) is 8.42. The summed E-state index contributed by atoms with van der Waals surface area (Å²) in [6.07, 6.45) is 66.2. The van der Waals surface area contributed by atoms with E-state index in [0.717, 1.165) is 44.9 Å². The number of aliphatic hydroxyl groups excluding tert-OH is 1. The molecule has 0 rings (SSSR count). The Morgan fingerprint density at radius 3 is 1.19 bits per heavy atom. The van der Waals surface area contributed by atoms with Crippen molar-refractivity contribution < 1.29 is 32.9 Å². The molecule has 0 aliphatic carbocycles. The van der Waals surface area contributed by atoms with E-state index < -0.39 is 26.6 Å². The molecule has 0 radical (unpaired) electrons. The number of hydrogen-bond donors (Lipinski definition) is 2. The largest absolute Gasteiger partial charge is 0.756 e. The fraction of sp³-hybridized carbons (Fsp3) is 0.847. The molecule has 0 aliphatic rings. The van der Waals surface area contributed by atoms with Gasteiger partial charge < -0.3 is 28.8 Å². The predicted octanol–water partition coefficient (Wildman–Crippen LogP) is 16.9. The van der Waals surface area contributed by atoms with Gasteiger partial charge in [0.1, 0.15) is 13.2 Å². The third-order valence-corrected chi connectivity index (χ3v) is 14.0. The molecule has 1 amide bonds. The highest BCUT2D eigenvalue weighted by Crippen LogP contribution is 2.38. The molecule has 0 spiro atoms. The molecular weight excluding hydrogens is 864 g/mol. The predicted molar refractivity (Wildman–Crippen MR) is 293 cm³/mol. The second kappa shape index (κ2) is 50.4. The molecule has 3 atom stereocenters. The number of allylic oxidation sites excluding steroid dienone is 7. The topological polar surface area (TPSA) is 108 Å². The van der Waals surface area contributed by atoms with Crippen molar-refractivity contribution in [2.75, 3.05) is 40.9 Å². The summed E-state index contributed by atoms with van der Waals surface area (Å²) in [5.41, 5.74) is 0. The Morgan fingerprint density at radius 2 is 0.824 bits per heavy atom. The van der Waals surface area contributed by atoms with E-state index in [9.17, 15) is 19.4 Å². The van der Waals surface area contributed by atoms with Crippen LogP contribution in [0.25, 0.3) is 0 Å². The second-order valence-corrected chi connectivity index (χ2v) is 22.4. The second-order valence-electron chi connectivity index (χ2n) is 21.0. The molecule has 2 N–H and O–H groups in total. The SMILES string of the molecule is CCCCCCCCCC/C=C\CCCCCCCCCCCCCCCCCC(=O)NC(COP(=O)([O-])OCC[N+](C)(C)C)C(O)/C=C/CC/C=C/CC/C=C/CCCCCCCCCCC. The van der Waals surface area contributed by atoms with Crippen LogP contribution in [0.3, 0.4) is 0 Å². The van der Waals surface area contributed by atoms with Gasteiger partial charge in [0.05, 0.1) is 39.9 Å². The van der Waals surface area contributed by atoms with Gasteiger partial charge in [-0.1, -0.05) is 242 Å². The first-order valence-electron chi connectivity index (χ1n) is 29.0. The van der Waals surface area contributed by atoms with Crippen molar-refractivity contribution in [1.29, 1.82) is 0 Å². The number of aliphatic hydroxyl groups is 1. The van der Waals surface area contributed by atoms with E-state index in [1.165, 1.54) is 205 Å². The van der Waals surface area contributed by atoms with Crippen LogP contribution >= 0.6 is 7.82 Å². The molecule has 0 aliphatic heterocycles. The number of unbranched alkanes of at least 4 members (excludes halogenated alkanes) is 34. The summed E-state index contributed by atoms with van der Waals surface area (Å²) in [7, 11) is 1.24. The number of hydrogen-bond acceptors (Lipinski definition) is 6. The molecule has 0 bridgehead atoms. The van der Waals surface area contributed by atoms with Crippen LogP contribution in [0.15, 0.2) is 48.6 Å². The van der Waals surface area contributed by atoms with Crippen LogP contribution in [0.5, 0.6) is 0 Å². The van der Waals surface area contributed by atoms with Crippen LogP contribution < -0.4 is 10.2 Å². The molecule has 0 heterocycles. The number of nitrogens with zero attached hydrogens (tertiary/aromatic N) is 1. The number of phosphoric ester groups is 1. The first kappa shape index (κ1) is 66.5.